The number of carboxylic acid groups (broad SMARTS) is 1. The molecule has 1 N–H and O–H groups in total. The third kappa shape index (κ3) is 6.22. The average Bonchev–Trinajstić information content (AvgIpc) is 3.16. The number of halogens is 1. The van der Waals surface area contributed by atoms with Crippen LogP contribution in [0.25, 0.3) is 10.6 Å². The molecule has 0 saturated carbocycles. The van der Waals surface area contributed by atoms with Gasteiger partial charge in [0.25, 0.3) is 0 Å². The SMILES string of the molecule is O=C([O-])COc1ccc(/C=N\NC(=O)Cc2csc(-c3ccc(F)cc3)n2)cc1. The fourth-order valence-electron chi connectivity index (χ4n) is 2.29. The lowest BCUT2D eigenvalue weighted by Gasteiger charge is -2.06. The number of aliphatic carboxylic acids is 1. The summed E-state index contributed by atoms with van der Waals surface area (Å²) in [5.74, 6) is -1.56. The maximum absolute atomic E-state index is 13.0. The predicted molar refractivity (Wildman–Crippen MR) is 104 cm³/mol. The van der Waals surface area contributed by atoms with Gasteiger partial charge in [-0.3, -0.25) is 4.79 Å². The number of rotatable bonds is 8. The molecule has 0 atom stereocenters. The Balaban J connectivity index is 1.49. The van der Waals surface area contributed by atoms with E-state index in [1.165, 1.54) is 29.7 Å². The van der Waals surface area contributed by atoms with E-state index < -0.39 is 12.6 Å². The first-order chi connectivity index (χ1) is 14.0. The average molecular weight is 412 g/mol. The van der Waals surface area contributed by atoms with Crippen LogP contribution in [0.4, 0.5) is 4.39 Å². The predicted octanol–water partition coefficient (Wildman–Crippen LogP) is 1.77. The highest BCUT2D eigenvalue weighted by atomic mass is 32.1. The molecule has 1 amide bonds. The normalized spacial score (nSPS) is 10.8. The molecule has 3 rings (SSSR count). The summed E-state index contributed by atoms with van der Waals surface area (Å²) < 4.78 is 18.0. The van der Waals surface area contributed by atoms with Crippen molar-refractivity contribution in [3.05, 3.63) is 71.0 Å². The van der Waals surface area contributed by atoms with E-state index in [2.05, 4.69) is 15.5 Å². The van der Waals surface area contributed by atoms with Gasteiger partial charge in [-0.05, 0) is 54.1 Å². The van der Waals surface area contributed by atoms with Crippen molar-refractivity contribution in [3.8, 4) is 16.3 Å². The minimum absolute atomic E-state index is 0.0606. The maximum atomic E-state index is 13.0. The van der Waals surface area contributed by atoms with Gasteiger partial charge in [0.05, 0.1) is 24.3 Å². The summed E-state index contributed by atoms with van der Waals surface area (Å²) in [6, 6.07) is 12.5. The van der Waals surface area contributed by atoms with Crippen LogP contribution in [0.1, 0.15) is 11.3 Å². The minimum atomic E-state index is -1.30. The number of hydrogen-bond donors (Lipinski definition) is 1. The Hall–Kier alpha value is -3.59. The molecule has 0 bridgehead atoms. The number of hydrogen-bond acceptors (Lipinski definition) is 7. The Morgan fingerprint density at radius 3 is 2.59 bits per heavy atom. The summed E-state index contributed by atoms with van der Waals surface area (Å²) in [6.07, 6.45) is 1.51. The molecule has 1 heterocycles. The number of amides is 1. The monoisotopic (exact) mass is 412 g/mol. The molecule has 29 heavy (non-hydrogen) atoms. The van der Waals surface area contributed by atoms with Gasteiger partial charge in [-0.25, -0.2) is 14.8 Å². The van der Waals surface area contributed by atoms with Crippen molar-refractivity contribution >= 4 is 29.4 Å². The first kappa shape index (κ1) is 20.2. The highest BCUT2D eigenvalue weighted by molar-refractivity contribution is 7.13. The van der Waals surface area contributed by atoms with Crippen LogP contribution in [0.2, 0.25) is 0 Å². The van der Waals surface area contributed by atoms with E-state index in [4.69, 9.17) is 4.74 Å². The Morgan fingerprint density at radius 1 is 1.17 bits per heavy atom. The molecule has 0 aliphatic carbocycles. The number of nitrogens with one attached hydrogen (secondary N) is 1. The van der Waals surface area contributed by atoms with Crippen molar-refractivity contribution in [2.45, 2.75) is 6.42 Å². The van der Waals surface area contributed by atoms with Crippen LogP contribution in [0.3, 0.4) is 0 Å². The van der Waals surface area contributed by atoms with Crippen LogP contribution in [0.15, 0.2) is 59.0 Å². The van der Waals surface area contributed by atoms with Gasteiger partial charge in [-0.2, -0.15) is 5.10 Å². The van der Waals surface area contributed by atoms with Gasteiger partial charge in [-0.1, -0.05) is 0 Å². The van der Waals surface area contributed by atoms with Crippen molar-refractivity contribution in [3.63, 3.8) is 0 Å². The molecule has 7 nitrogen and oxygen atoms in total. The summed E-state index contributed by atoms with van der Waals surface area (Å²) >= 11 is 1.37. The fraction of sp³-hybridized carbons (Fsp3) is 0.100. The molecule has 3 aromatic rings. The molecule has 0 aliphatic heterocycles. The molecular weight excluding hydrogens is 397 g/mol. The standard InChI is InChI=1S/C20H16FN3O4S/c21-15-5-3-14(4-6-15)20-23-16(12-29-20)9-18(25)24-22-10-13-1-7-17(8-2-13)28-11-19(26)27/h1-8,10,12H,9,11H2,(H,24,25)(H,26,27)/p-1/b22-10-. The van der Waals surface area contributed by atoms with Gasteiger partial charge in [0.1, 0.15) is 23.2 Å². The third-order valence-electron chi connectivity index (χ3n) is 3.62. The Morgan fingerprint density at radius 2 is 1.90 bits per heavy atom. The maximum Gasteiger partial charge on any atom is 0.246 e. The summed E-state index contributed by atoms with van der Waals surface area (Å²) in [5, 5.41) is 16.7. The van der Waals surface area contributed by atoms with Crippen LogP contribution < -0.4 is 15.3 Å². The Labute approximate surface area is 169 Å². The van der Waals surface area contributed by atoms with Crippen LogP contribution in [0, 0.1) is 5.82 Å². The smallest absolute Gasteiger partial charge is 0.246 e. The number of carbonyl (C=O) groups excluding carboxylic acids is 2. The fourth-order valence-corrected chi connectivity index (χ4v) is 3.11. The summed E-state index contributed by atoms with van der Waals surface area (Å²) in [5.41, 5.74) is 4.49. The van der Waals surface area contributed by atoms with E-state index in [9.17, 15) is 19.1 Å². The molecule has 0 radical (unpaired) electrons. The number of aromatic nitrogens is 1. The third-order valence-corrected chi connectivity index (χ3v) is 4.56. The van der Waals surface area contributed by atoms with Gasteiger partial charge in [0.15, 0.2) is 0 Å². The second-order valence-corrected chi connectivity index (χ2v) is 6.71. The molecule has 9 heteroatoms. The quantitative estimate of drug-likeness (QED) is 0.449. The van der Waals surface area contributed by atoms with Crippen molar-refractivity contribution < 1.29 is 23.8 Å². The van der Waals surface area contributed by atoms with E-state index in [1.54, 1.807) is 41.8 Å². The molecule has 1 aromatic heterocycles. The highest BCUT2D eigenvalue weighted by Crippen LogP contribution is 2.24. The number of thiazole rings is 1. The zero-order valence-corrected chi connectivity index (χ0v) is 15.8. The zero-order chi connectivity index (χ0) is 20.6. The number of benzene rings is 2. The van der Waals surface area contributed by atoms with Crippen LogP contribution in [-0.2, 0) is 16.0 Å². The molecule has 0 fully saturated rings. The van der Waals surface area contributed by atoms with Crippen molar-refractivity contribution in [2.75, 3.05) is 6.61 Å². The van der Waals surface area contributed by atoms with E-state index >= 15 is 0 Å². The van der Waals surface area contributed by atoms with E-state index in [0.29, 0.717) is 22.0 Å². The van der Waals surface area contributed by atoms with Gasteiger partial charge in [0, 0.05) is 10.9 Å². The number of carbonyl (C=O) groups is 2. The van der Waals surface area contributed by atoms with Gasteiger partial charge in [-0.15, -0.1) is 11.3 Å². The largest absolute Gasteiger partial charge is 0.546 e. The first-order valence-electron chi connectivity index (χ1n) is 8.44. The second kappa shape index (κ2) is 9.56. The molecule has 0 unspecified atom stereocenters. The van der Waals surface area contributed by atoms with Crippen molar-refractivity contribution in [2.24, 2.45) is 5.10 Å². The minimum Gasteiger partial charge on any atom is -0.546 e. The van der Waals surface area contributed by atoms with E-state index in [0.717, 1.165) is 5.56 Å². The summed E-state index contributed by atoms with van der Waals surface area (Å²) in [7, 11) is 0. The molecule has 148 valence electrons. The molecule has 0 spiro atoms. The number of hydrazone groups is 1. The first-order valence-corrected chi connectivity index (χ1v) is 9.32. The second-order valence-electron chi connectivity index (χ2n) is 5.85. The molecule has 0 saturated heterocycles. The number of ether oxygens (including phenoxy) is 1. The van der Waals surface area contributed by atoms with Crippen LogP contribution >= 0.6 is 11.3 Å². The van der Waals surface area contributed by atoms with Gasteiger partial charge >= 0.3 is 0 Å². The topological polar surface area (TPSA) is 104 Å². The lowest BCUT2D eigenvalue weighted by molar-refractivity contribution is -0.307. The molecular formula is C20H15FN3O4S-. The van der Waals surface area contributed by atoms with E-state index in [1.807, 2.05) is 0 Å². The number of carboxylic acids is 1. The van der Waals surface area contributed by atoms with Crippen molar-refractivity contribution in [1.29, 1.82) is 0 Å². The van der Waals surface area contributed by atoms with Gasteiger partial charge < -0.3 is 14.6 Å². The van der Waals surface area contributed by atoms with E-state index in [-0.39, 0.29) is 18.1 Å². The van der Waals surface area contributed by atoms with Crippen LogP contribution in [-0.4, -0.2) is 29.7 Å². The number of nitrogens with zero attached hydrogens (tertiary/aromatic N) is 2. The van der Waals surface area contributed by atoms with Crippen molar-refractivity contribution in [1.82, 2.24) is 10.4 Å². The Bertz CT molecular complexity index is 1020. The lowest BCUT2D eigenvalue weighted by atomic mass is 10.2. The Kier molecular flexibility index (Phi) is 6.64. The molecule has 0 aliphatic rings. The van der Waals surface area contributed by atoms with Crippen LogP contribution in [0.5, 0.6) is 5.75 Å². The summed E-state index contributed by atoms with van der Waals surface area (Å²) in [4.78, 5) is 26.7. The lowest BCUT2D eigenvalue weighted by Crippen LogP contribution is -2.28. The van der Waals surface area contributed by atoms with Gasteiger partial charge in [0.2, 0.25) is 5.91 Å². The highest BCUT2D eigenvalue weighted by Gasteiger charge is 2.08. The molecule has 2 aromatic carbocycles. The summed E-state index contributed by atoms with van der Waals surface area (Å²) in [6.45, 7) is -0.525. The zero-order valence-electron chi connectivity index (χ0n) is 15.0.